The molecule has 1 atom stereocenters. The van der Waals surface area contributed by atoms with E-state index in [4.69, 9.17) is 0 Å². The van der Waals surface area contributed by atoms with E-state index in [2.05, 4.69) is 16.8 Å². The van der Waals surface area contributed by atoms with Crippen molar-refractivity contribution in [2.75, 3.05) is 18.0 Å². The van der Waals surface area contributed by atoms with Gasteiger partial charge in [0.05, 0.1) is 6.10 Å². The van der Waals surface area contributed by atoms with Crippen LogP contribution in [0.25, 0.3) is 0 Å². The molecular formula is C10H16N2O. The fourth-order valence-electron chi connectivity index (χ4n) is 1.29. The lowest BCUT2D eigenvalue weighted by Crippen LogP contribution is -2.30. The molecular weight excluding hydrogens is 164 g/mol. The molecule has 0 amide bonds. The summed E-state index contributed by atoms with van der Waals surface area (Å²) in [6.45, 7) is 5.43. The molecule has 3 heteroatoms. The normalized spacial score (nSPS) is 12.5. The van der Waals surface area contributed by atoms with Crippen molar-refractivity contribution >= 4 is 5.69 Å². The maximum atomic E-state index is 9.26. The van der Waals surface area contributed by atoms with E-state index in [0.717, 1.165) is 12.2 Å². The van der Waals surface area contributed by atoms with Gasteiger partial charge in [-0.3, -0.25) is 4.98 Å². The first kappa shape index (κ1) is 9.99. The maximum Gasteiger partial charge on any atom is 0.0687 e. The number of hydrogen-bond acceptors (Lipinski definition) is 3. The van der Waals surface area contributed by atoms with Crippen molar-refractivity contribution in [2.45, 2.75) is 20.0 Å². The number of rotatable bonds is 4. The summed E-state index contributed by atoms with van der Waals surface area (Å²) in [4.78, 5) is 6.07. The van der Waals surface area contributed by atoms with E-state index in [1.807, 2.05) is 12.1 Å². The maximum absolute atomic E-state index is 9.26. The van der Waals surface area contributed by atoms with Crippen molar-refractivity contribution in [3.63, 3.8) is 0 Å². The van der Waals surface area contributed by atoms with E-state index < -0.39 is 0 Å². The van der Waals surface area contributed by atoms with Gasteiger partial charge in [0.15, 0.2) is 0 Å². The largest absolute Gasteiger partial charge is 0.392 e. The van der Waals surface area contributed by atoms with Crippen molar-refractivity contribution in [3.05, 3.63) is 24.5 Å². The van der Waals surface area contributed by atoms with Gasteiger partial charge in [0.25, 0.3) is 0 Å². The number of aromatic nitrogens is 1. The summed E-state index contributed by atoms with van der Waals surface area (Å²) in [5.74, 6) is 0. The molecule has 1 aromatic rings. The van der Waals surface area contributed by atoms with E-state index in [-0.39, 0.29) is 6.10 Å². The van der Waals surface area contributed by atoms with Gasteiger partial charge in [-0.1, -0.05) is 0 Å². The van der Waals surface area contributed by atoms with Crippen LogP contribution in [-0.4, -0.2) is 29.3 Å². The minimum atomic E-state index is -0.298. The van der Waals surface area contributed by atoms with E-state index >= 15 is 0 Å². The van der Waals surface area contributed by atoms with Crippen molar-refractivity contribution in [1.82, 2.24) is 4.98 Å². The van der Waals surface area contributed by atoms with Crippen molar-refractivity contribution in [2.24, 2.45) is 0 Å². The lowest BCUT2D eigenvalue weighted by molar-refractivity contribution is 0.200. The van der Waals surface area contributed by atoms with Crippen LogP contribution in [0.3, 0.4) is 0 Å². The number of aliphatic hydroxyl groups is 1. The minimum Gasteiger partial charge on any atom is -0.392 e. The van der Waals surface area contributed by atoms with Crippen LogP contribution in [0.1, 0.15) is 13.8 Å². The van der Waals surface area contributed by atoms with Gasteiger partial charge in [-0.15, -0.1) is 0 Å². The molecule has 1 unspecified atom stereocenters. The van der Waals surface area contributed by atoms with E-state index in [1.165, 1.54) is 0 Å². The molecule has 0 aromatic carbocycles. The first-order valence-corrected chi connectivity index (χ1v) is 4.57. The first-order valence-electron chi connectivity index (χ1n) is 4.57. The van der Waals surface area contributed by atoms with Crippen LogP contribution < -0.4 is 4.90 Å². The van der Waals surface area contributed by atoms with Gasteiger partial charge in [-0.25, -0.2) is 0 Å². The van der Waals surface area contributed by atoms with Gasteiger partial charge in [0.1, 0.15) is 0 Å². The van der Waals surface area contributed by atoms with Crippen LogP contribution >= 0.6 is 0 Å². The molecule has 1 rings (SSSR count). The van der Waals surface area contributed by atoms with Crippen LogP contribution in [-0.2, 0) is 0 Å². The zero-order valence-corrected chi connectivity index (χ0v) is 8.14. The number of anilines is 1. The quantitative estimate of drug-likeness (QED) is 0.758. The second-order valence-corrected chi connectivity index (χ2v) is 3.09. The molecule has 1 heterocycles. The van der Waals surface area contributed by atoms with E-state index in [1.54, 1.807) is 19.3 Å². The first-order chi connectivity index (χ1) is 6.24. The fraction of sp³-hybridized carbons (Fsp3) is 0.500. The summed E-state index contributed by atoms with van der Waals surface area (Å²) in [6.07, 6.45) is 3.23. The molecule has 1 aromatic heterocycles. The summed E-state index contributed by atoms with van der Waals surface area (Å²) in [7, 11) is 0. The molecule has 0 fully saturated rings. The van der Waals surface area contributed by atoms with Crippen molar-refractivity contribution in [3.8, 4) is 0 Å². The van der Waals surface area contributed by atoms with Crippen LogP contribution in [0.15, 0.2) is 24.5 Å². The number of nitrogens with zero attached hydrogens (tertiary/aromatic N) is 2. The summed E-state index contributed by atoms with van der Waals surface area (Å²) in [6, 6.07) is 3.90. The Bertz CT molecular complexity index is 236. The zero-order valence-electron chi connectivity index (χ0n) is 8.14. The standard InChI is InChI=1S/C10H16N2O/c1-3-12(8-9(2)13)10-4-6-11-7-5-10/h4-7,9,13H,3,8H2,1-2H3. The molecule has 1 N–H and O–H groups in total. The van der Waals surface area contributed by atoms with Crippen LogP contribution in [0, 0.1) is 0 Å². The Morgan fingerprint density at radius 3 is 2.54 bits per heavy atom. The average molecular weight is 180 g/mol. The Hall–Kier alpha value is -1.09. The van der Waals surface area contributed by atoms with Crippen molar-refractivity contribution < 1.29 is 5.11 Å². The molecule has 0 aliphatic heterocycles. The Labute approximate surface area is 79.0 Å². The third kappa shape index (κ3) is 3.03. The number of hydrogen-bond donors (Lipinski definition) is 1. The van der Waals surface area contributed by atoms with Gasteiger partial charge in [0.2, 0.25) is 0 Å². The summed E-state index contributed by atoms with van der Waals surface area (Å²) >= 11 is 0. The molecule has 0 radical (unpaired) electrons. The highest BCUT2D eigenvalue weighted by molar-refractivity contribution is 5.44. The SMILES string of the molecule is CCN(CC(C)O)c1ccncc1. The molecule has 0 saturated carbocycles. The zero-order chi connectivity index (χ0) is 9.68. The highest BCUT2D eigenvalue weighted by atomic mass is 16.3. The lowest BCUT2D eigenvalue weighted by atomic mass is 10.3. The summed E-state index contributed by atoms with van der Waals surface area (Å²) in [5.41, 5.74) is 1.11. The lowest BCUT2D eigenvalue weighted by Gasteiger charge is -2.24. The van der Waals surface area contributed by atoms with Gasteiger partial charge in [-0.2, -0.15) is 0 Å². The molecule has 3 nitrogen and oxygen atoms in total. The Morgan fingerprint density at radius 2 is 2.08 bits per heavy atom. The molecule has 0 aliphatic carbocycles. The summed E-state index contributed by atoms with van der Waals surface area (Å²) in [5, 5.41) is 9.26. The molecule has 0 saturated heterocycles. The monoisotopic (exact) mass is 180 g/mol. The smallest absolute Gasteiger partial charge is 0.0687 e. The van der Waals surface area contributed by atoms with Crippen LogP contribution in [0.5, 0.6) is 0 Å². The van der Waals surface area contributed by atoms with Crippen molar-refractivity contribution in [1.29, 1.82) is 0 Å². The Morgan fingerprint density at radius 1 is 1.46 bits per heavy atom. The minimum absolute atomic E-state index is 0.298. The van der Waals surface area contributed by atoms with E-state index in [9.17, 15) is 5.11 Å². The van der Waals surface area contributed by atoms with Gasteiger partial charge >= 0.3 is 0 Å². The average Bonchev–Trinajstić information content (AvgIpc) is 2.15. The molecule has 72 valence electrons. The second kappa shape index (κ2) is 4.82. The summed E-state index contributed by atoms with van der Waals surface area (Å²) < 4.78 is 0. The third-order valence-electron chi connectivity index (χ3n) is 1.89. The molecule has 13 heavy (non-hydrogen) atoms. The second-order valence-electron chi connectivity index (χ2n) is 3.09. The van der Waals surface area contributed by atoms with Gasteiger partial charge in [0, 0.05) is 31.2 Å². The highest BCUT2D eigenvalue weighted by Crippen LogP contribution is 2.11. The number of likely N-dealkylation sites (N-methyl/N-ethyl adjacent to an activating group) is 1. The fourth-order valence-corrected chi connectivity index (χ4v) is 1.29. The molecule has 0 aliphatic rings. The predicted octanol–water partition coefficient (Wildman–Crippen LogP) is 1.29. The van der Waals surface area contributed by atoms with Crippen LogP contribution in [0.2, 0.25) is 0 Å². The highest BCUT2D eigenvalue weighted by Gasteiger charge is 2.05. The van der Waals surface area contributed by atoms with E-state index in [0.29, 0.717) is 6.54 Å². The third-order valence-corrected chi connectivity index (χ3v) is 1.89. The predicted molar refractivity (Wildman–Crippen MR) is 53.8 cm³/mol. The van der Waals surface area contributed by atoms with Crippen LogP contribution in [0.4, 0.5) is 5.69 Å². The Kier molecular flexibility index (Phi) is 3.71. The number of pyridine rings is 1. The Balaban J connectivity index is 2.67. The topological polar surface area (TPSA) is 36.4 Å². The molecule has 0 bridgehead atoms. The molecule has 0 spiro atoms. The number of aliphatic hydroxyl groups excluding tert-OH is 1. The van der Waals surface area contributed by atoms with Gasteiger partial charge in [-0.05, 0) is 26.0 Å². The van der Waals surface area contributed by atoms with Gasteiger partial charge < -0.3 is 10.0 Å².